The first kappa shape index (κ1) is 97.3. The molecule has 0 saturated carbocycles. The van der Waals surface area contributed by atoms with Crippen LogP contribution in [0, 0.1) is 34.6 Å². The summed E-state index contributed by atoms with van der Waals surface area (Å²) in [4.78, 5) is 102. The number of carbonyl (C=O) groups excluding carboxylic acids is 3. The number of unbranched alkanes of at least 4 members (excludes halogenated alkanes) is 3. The minimum absolute atomic E-state index is 0. The van der Waals surface area contributed by atoms with Gasteiger partial charge in [0.05, 0.1) is 88.1 Å². The zero-order valence-electron chi connectivity index (χ0n) is 71.1. The van der Waals surface area contributed by atoms with Gasteiger partial charge in [-0.15, -0.1) is 0 Å². The molecule has 14 aromatic heterocycles. The Hall–Kier alpha value is -12.5. The molecule has 0 unspecified atom stereocenters. The second kappa shape index (κ2) is 53.0. The Bertz CT molecular complexity index is 5340. The SMILES string of the molecule is Cc1ccnc(-c2cc(CCCCNC(=O)CCCOP(=O)(OCCCCC(=O)NCc3c(C)oc4c(C)c5oc(=O)cc(C)c5cc34)OCCCC(=O)NCCCCc3ccnc(-c4cc(C)ccn4)c3)ccn2)c1.[Ru].[Ru].c1ccc(-c2ccccn2)nc1.c1ccc(-c2ccccn2)nc1.c1ccc(-c2ccccn2)nc1.c1ccc(-c2ccccn2)nc1. The third-order valence-electron chi connectivity index (χ3n) is 19.3. The average molecular weight is 1880 g/mol. The second-order valence-electron chi connectivity index (χ2n) is 28.9. The number of hydrogen-bond donors (Lipinski definition) is 3. The molecular weight excluding hydrogens is 1780 g/mol. The maximum absolute atomic E-state index is 13.9. The van der Waals surface area contributed by atoms with Gasteiger partial charge in [-0.1, -0.05) is 48.5 Å². The van der Waals surface area contributed by atoms with Crippen LogP contribution in [0.4, 0.5) is 0 Å². The number of fused-ring (bicyclic) bond motifs is 2. The smallest absolute Gasteiger partial charge is 0.461 e. The van der Waals surface area contributed by atoms with E-state index < -0.39 is 13.4 Å². The molecule has 0 spiro atoms. The number of pyridine rings is 12. The van der Waals surface area contributed by atoms with Gasteiger partial charge in [-0.05, 0) is 278 Å². The van der Waals surface area contributed by atoms with Crippen LogP contribution < -0.4 is 21.6 Å². The summed E-state index contributed by atoms with van der Waals surface area (Å²) in [5.41, 5.74) is 18.2. The van der Waals surface area contributed by atoms with E-state index in [2.05, 4.69) is 87.9 Å². The zero-order valence-corrected chi connectivity index (χ0v) is 75.5. The molecule has 25 nitrogen and oxygen atoms in total. The van der Waals surface area contributed by atoms with Gasteiger partial charge in [0.2, 0.25) is 17.7 Å². The molecule has 0 bridgehead atoms. The molecule has 3 amide bonds. The van der Waals surface area contributed by atoms with Crippen molar-refractivity contribution in [3.8, 4) is 68.3 Å². The Labute approximate surface area is 760 Å². The summed E-state index contributed by atoms with van der Waals surface area (Å²) in [5.74, 6) is 0.178. The number of hydrogen-bond acceptors (Lipinski definition) is 22. The molecule has 0 saturated heterocycles. The molecule has 28 heteroatoms. The van der Waals surface area contributed by atoms with Crippen LogP contribution in [-0.2, 0) is 90.9 Å². The van der Waals surface area contributed by atoms with E-state index in [0.29, 0.717) is 48.4 Å². The number of phosphoric acid groups is 1. The van der Waals surface area contributed by atoms with Gasteiger partial charge >= 0.3 is 13.4 Å². The quantitative estimate of drug-likeness (QED) is 0.0146. The van der Waals surface area contributed by atoms with E-state index in [9.17, 15) is 23.7 Å². The Morgan fingerprint density at radius 2 is 0.659 bits per heavy atom. The largest absolute Gasteiger partial charge is 0.474 e. The fourth-order valence-electron chi connectivity index (χ4n) is 12.9. The number of rotatable bonds is 34. The molecule has 3 N–H and O–H groups in total. The van der Waals surface area contributed by atoms with Crippen molar-refractivity contribution in [3.05, 3.63) is 336 Å². The van der Waals surface area contributed by atoms with Crippen molar-refractivity contribution in [1.29, 1.82) is 0 Å². The summed E-state index contributed by atoms with van der Waals surface area (Å²) in [6.45, 7) is 10.7. The van der Waals surface area contributed by atoms with E-state index in [1.54, 1.807) is 74.4 Å². The van der Waals surface area contributed by atoms with E-state index in [1.165, 1.54) is 6.07 Å². The van der Waals surface area contributed by atoms with Crippen LogP contribution in [-0.4, -0.2) is 110 Å². The third-order valence-corrected chi connectivity index (χ3v) is 20.8. The van der Waals surface area contributed by atoms with Gasteiger partial charge in [0.1, 0.15) is 16.9 Å². The number of nitrogens with one attached hydrogen (secondary N) is 3. The maximum atomic E-state index is 13.9. The van der Waals surface area contributed by atoms with Gasteiger partial charge in [0.15, 0.2) is 0 Å². The normalized spacial score (nSPS) is 10.7. The molecule has 15 aromatic rings. The molecule has 0 aliphatic heterocycles. The fourth-order valence-corrected chi connectivity index (χ4v) is 14.2. The van der Waals surface area contributed by atoms with Crippen molar-refractivity contribution in [3.63, 3.8) is 0 Å². The van der Waals surface area contributed by atoms with E-state index in [-0.39, 0.29) is 115 Å². The molecule has 126 heavy (non-hydrogen) atoms. The Balaban J connectivity index is 0.000000281. The number of carbonyl (C=O) groups is 3. The molecule has 15 rings (SSSR count). The van der Waals surface area contributed by atoms with Crippen molar-refractivity contribution in [2.24, 2.45) is 0 Å². The number of phosphoric ester groups is 1. The first-order chi connectivity index (χ1) is 60.6. The molecular formula is C98H102N15O10PRu2. The molecule has 0 aliphatic carbocycles. The predicted octanol–water partition coefficient (Wildman–Crippen LogP) is 19.3. The minimum Gasteiger partial charge on any atom is -0.461 e. The van der Waals surface area contributed by atoms with E-state index >= 15 is 0 Å². The Kier molecular flexibility index (Phi) is 40.9. The molecule has 0 atom stereocenters. The summed E-state index contributed by atoms with van der Waals surface area (Å²) >= 11 is 0. The fraction of sp³-hybridized carbons (Fsp3) is 0.245. The molecule has 0 fully saturated rings. The van der Waals surface area contributed by atoms with Crippen molar-refractivity contribution >= 4 is 47.5 Å². The van der Waals surface area contributed by atoms with Crippen LogP contribution in [0.1, 0.15) is 115 Å². The van der Waals surface area contributed by atoms with Gasteiger partial charge in [-0.25, -0.2) is 9.36 Å². The monoisotopic (exact) mass is 1880 g/mol. The van der Waals surface area contributed by atoms with Gasteiger partial charge in [0, 0.05) is 180 Å². The molecule has 0 aliphatic rings. The number of nitrogens with zero attached hydrogens (tertiary/aromatic N) is 12. The number of aromatic nitrogens is 12. The average Bonchev–Trinajstić information content (AvgIpc) is 1.58. The first-order valence-electron chi connectivity index (χ1n) is 41.5. The van der Waals surface area contributed by atoms with E-state index in [0.717, 1.165) is 151 Å². The van der Waals surface area contributed by atoms with E-state index in [1.807, 2.05) is 223 Å². The summed E-state index contributed by atoms with van der Waals surface area (Å²) < 4.78 is 42.6. The van der Waals surface area contributed by atoms with Crippen LogP contribution >= 0.6 is 7.82 Å². The first-order valence-corrected chi connectivity index (χ1v) is 42.9. The number of aryl methyl sites for hydroxylation is 7. The summed E-state index contributed by atoms with van der Waals surface area (Å²) in [5, 5.41) is 10.5. The van der Waals surface area contributed by atoms with Crippen molar-refractivity contribution in [2.45, 2.75) is 125 Å². The predicted molar refractivity (Wildman–Crippen MR) is 482 cm³/mol. The summed E-state index contributed by atoms with van der Waals surface area (Å²) in [6.07, 6.45) is 28.2. The van der Waals surface area contributed by atoms with E-state index in [4.69, 9.17) is 22.4 Å². The Morgan fingerprint density at radius 1 is 0.333 bits per heavy atom. The Morgan fingerprint density at radius 3 is 1.02 bits per heavy atom. The van der Waals surface area contributed by atoms with Crippen molar-refractivity contribution in [1.82, 2.24) is 75.8 Å². The van der Waals surface area contributed by atoms with Gasteiger partial charge in [0.25, 0.3) is 0 Å². The van der Waals surface area contributed by atoms with Gasteiger partial charge < -0.3 is 24.8 Å². The van der Waals surface area contributed by atoms with Crippen LogP contribution in [0.2, 0.25) is 0 Å². The standard InChI is InChI=1S/C58H70N7O10P.4C10H8N2.2Ru/c1-39-19-25-59-49(32-39)51-35-44(21-27-61-51)14-6-9-23-63-53(66)17-12-30-72-76(70,73-31-13-18-54(67)64-24-10-7-15-45-22-28-62-52(36-45)50-33-40(2)20-26-60-50)71-29-11-8-16-55(68)65-38-48-43(5)74-58-42(4)57-46(37-47(48)58)41(3)34-56(69)75-57;4*1-3-7-11-9(5-1)10-6-2-4-8-12-10;;/h19-22,25-28,32-37H,6-18,23-24,29-31,38H2,1-5H3,(H,63,66)(H,64,67)(H,65,68);4*1-8H;;. The second-order valence-corrected chi connectivity index (χ2v) is 30.6. The zero-order chi connectivity index (χ0) is 86.8. The third kappa shape index (κ3) is 32.3. The number of furan rings is 1. The molecule has 650 valence electrons. The molecule has 14 heterocycles. The van der Waals surface area contributed by atoms with Crippen LogP contribution in [0.15, 0.2) is 294 Å². The van der Waals surface area contributed by atoms with Crippen molar-refractivity contribution in [2.75, 3.05) is 32.9 Å². The topological polar surface area (TPSA) is 330 Å². The summed E-state index contributed by atoms with van der Waals surface area (Å²) in [7, 11) is -4.09. The maximum Gasteiger partial charge on any atom is 0.474 e. The molecule has 0 radical (unpaired) electrons. The van der Waals surface area contributed by atoms with Gasteiger partial charge in [-0.3, -0.25) is 87.8 Å². The van der Waals surface area contributed by atoms with Crippen LogP contribution in [0.25, 0.3) is 90.3 Å². The van der Waals surface area contributed by atoms with Gasteiger partial charge in [-0.2, -0.15) is 0 Å². The van der Waals surface area contributed by atoms with Crippen molar-refractivity contribution < 1.29 is 80.3 Å². The van der Waals surface area contributed by atoms with Crippen LogP contribution in [0.3, 0.4) is 0 Å². The number of amides is 3. The molecule has 1 aromatic carbocycles. The summed E-state index contributed by atoms with van der Waals surface area (Å²) in [6, 6.07) is 65.8. The number of benzene rings is 1. The van der Waals surface area contributed by atoms with Crippen LogP contribution in [0.5, 0.6) is 0 Å². The minimum atomic E-state index is -4.09.